The van der Waals surface area contributed by atoms with Crippen molar-refractivity contribution >= 4 is 19.8 Å². The number of phosphoric acid groups is 1. The van der Waals surface area contributed by atoms with E-state index in [9.17, 15) is 19.0 Å². The van der Waals surface area contributed by atoms with Crippen molar-refractivity contribution in [1.29, 1.82) is 0 Å². The Labute approximate surface area is 627 Å². The Bertz CT molecular complexity index is 1940. The van der Waals surface area contributed by atoms with Crippen molar-refractivity contribution in [3.63, 3.8) is 0 Å². The van der Waals surface area contributed by atoms with Crippen LogP contribution in [0, 0.1) is 0 Å². The van der Waals surface area contributed by atoms with Gasteiger partial charge in [-0.25, -0.2) is 4.57 Å². The molecule has 0 aliphatic heterocycles. The van der Waals surface area contributed by atoms with Crippen LogP contribution in [0.2, 0.25) is 0 Å². The molecule has 2 unspecified atom stereocenters. The van der Waals surface area contributed by atoms with E-state index in [0.29, 0.717) is 6.42 Å². The molecule has 10 heteroatoms. The van der Waals surface area contributed by atoms with Gasteiger partial charge in [0, 0.05) is 19.4 Å². The molecular weight excluding hydrogens is 1270 g/mol. The minimum absolute atomic E-state index is 0.0540. The molecule has 0 saturated carbocycles. The van der Waals surface area contributed by atoms with Crippen molar-refractivity contribution in [2.75, 3.05) is 26.4 Å². The molecule has 590 valence electrons. The Morgan fingerprint density at radius 1 is 0.307 bits per heavy atom. The van der Waals surface area contributed by atoms with Crippen molar-refractivity contribution in [2.45, 2.75) is 457 Å². The smallest absolute Gasteiger partial charge is 0.462 e. The summed E-state index contributed by atoms with van der Waals surface area (Å²) in [4.78, 5) is 35.5. The highest BCUT2D eigenvalue weighted by molar-refractivity contribution is 7.47. The number of hydrogen-bond acceptors (Lipinski definition) is 8. The molecule has 101 heavy (non-hydrogen) atoms. The predicted molar refractivity (Wildman–Crippen MR) is 441 cm³/mol. The van der Waals surface area contributed by atoms with E-state index >= 15 is 0 Å². The molecule has 9 nitrogen and oxygen atoms in total. The number of phosphoric ester groups is 1. The normalized spacial score (nSPS) is 13.2. The Morgan fingerprint density at radius 2 is 0.545 bits per heavy atom. The van der Waals surface area contributed by atoms with Crippen LogP contribution in [-0.4, -0.2) is 49.3 Å². The fraction of sp³-hybridized carbons (Fsp3) is 0.824. The van der Waals surface area contributed by atoms with E-state index in [-0.39, 0.29) is 38.6 Å². The number of allylic oxidation sites excluding steroid dienone is 14. The van der Waals surface area contributed by atoms with Crippen LogP contribution in [0.4, 0.5) is 0 Å². The van der Waals surface area contributed by atoms with Gasteiger partial charge in [0.2, 0.25) is 0 Å². The second kappa shape index (κ2) is 86.1. The molecule has 0 heterocycles. The van der Waals surface area contributed by atoms with Gasteiger partial charge in [0.05, 0.1) is 13.2 Å². The maximum absolute atomic E-state index is 12.8. The maximum atomic E-state index is 12.8. The standard InChI is InChI=1S/C91H168NO8P/c1-3-5-7-9-11-13-15-17-19-21-23-25-27-29-31-33-35-37-39-41-43-44-46-47-49-51-53-55-57-59-61-63-65-67-69-71-73-75-77-79-81-83-90(93)97-87-89(88-99-101(95,96)98-86-85-92)100-91(94)84-82-80-78-76-74-72-70-68-66-64-62-60-58-56-54-52-50-48-45-42-40-38-36-34-32-30-28-26-24-22-20-18-16-14-12-10-8-6-4-2/h6,8,12,14,18,20,24,26,30,32,36,38,42,45,89H,3-5,7,9-11,13,15-17,19,21-23,25,27-29,31,33-35,37,39-41,43-44,46-88,92H2,1-2H3,(H,95,96)/b8-6-,14-12-,20-18-,26-24-,32-30-,38-36-,45-42-. The van der Waals surface area contributed by atoms with Crippen LogP contribution in [-0.2, 0) is 32.7 Å². The predicted octanol–water partition coefficient (Wildman–Crippen LogP) is 30.0. The number of nitrogens with two attached hydrogens (primary N) is 1. The van der Waals surface area contributed by atoms with Crippen molar-refractivity contribution in [1.82, 2.24) is 0 Å². The number of hydrogen-bond donors (Lipinski definition) is 2. The zero-order valence-corrected chi connectivity index (χ0v) is 67.8. The van der Waals surface area contributed by atoms with Crippen LogP contribution in [0.3, 0.4) is 0 Å². The number of rotatable bonds is 84. The van der Waals surface area contributed by atoms with Crippen LogP contribution in [0.25, 0.3) is 0 Å². The fourth-order valence-corrected chi connectivity index (χ4v) is 14.1. The third-order valence-electron chi connectivity index (χ3n) is 19.8. The highest BCUT2D eigenvalue weighted by Crippen LogP contribution is 2.43. The minimum Gasteiger partial charge on any atom is -0.462 e. The van der Waals surface area contributed by atoms with Gasteiger partial charge in [-0.2, -0.15) is 0 Å². The van der Waals surface area contributed by atoms with Crippen molar-refractivity contribution in [3.8, 4) is 0 Å². The molecule has 0 aliphatic rings. The summed E-state index contributed by atoms with van der Waals surface area (Å²) in [6.07, 6.45) is 118. The lowest BCUT2D eigenvalue weighted by Gasteiger charge is -2.19. The highest BCUT2D eigenvalue weighted by Gasteiger charge is 2.26. The molecule has 0 bridgehead atoms. The number of carbonyl (C=O) groups excluding carboxylic acids is 2. The van der Waals surface area contributed by atoms with E-state index in [1.807, 2.05) is 0 Å². The second-order valence-corrected chi connectivity index (χ2v) is 31.2. The molecule has 0 aromatic carbocycles. The SMILES string of the molecule is CC/C=C\C/C=C\C/C=C\C/C=C\C/C=C\C/C=C\C/C=C\CCCCCCCCCCCCCCCCCCCC(=O)OC(COC(=O)CCCCCCCCCCCCCCCCCCCCCCCCCCCCCCCCCCCCCCCCCCC)COP(=O)(O)OCCN. The molecule has 0 spiro atoms. The topological polar surface area (TPSA) is 134 Å². The van der Waals surface area contributed by atoms with Crippen molar-refractivity contribution in [2.24, 2.45) is 5.73 Å². The summed E-state index contributed by atoms with van der Waals surface area (Å²) in [5, 5.41) is 0. The fourth-order valence-electron chi connectivity index (χ4n) is 13.3. The Morgan fingerprint density at radius 3 is 0.812 bits per heavy atom. The molecule has 0 radical (unpaired) electrons. The van der Waals surface area contributed by atoms with Gasteiger partial charge < -0.3 is 20.1 Å². The summed E-state index contributed by atoms with van der Waals surface area (Å²) in [5.41, 5.74) is 5.42. The third kappa shape index (κ3) is 86.0. The molecule has 0 saturated heterocycles. The zero-order valence-electron chi connectivity index (χ0n) is 66.9. The van der Waals surface area contributed by atoms with E-state index in [0.717, 1.165) is 83.5 Å². The summed E-state index contributed by atoms with van der Waals surface area (Å²) in [5.74, 6) is -0.806. The first-order valence-electron chi connectivity index (χ1n) is 44.1. The molecule has 3 N–H and O–H groups in total. The summed E-state index contributed by atoms with van der Waals surface area (Å²) in [6.45, 7) is 3.71. The number of esters is 2. The zero-order chi connectivity index (χ0) is 72.9. The number of ether oxygens (including phenoxy) is 2. The van der Waals surface area contributed by atoms with Crippen LogP contribution in [0.5, 0.6) is 0 Å². The molecule has 0 fully saturated rings. The monoisotopic (exact) mass is 1430 g/mol. The molecular formula is C91H168NO8P. The minimum atomic E-state index is -4.40. The van der Waals surface area contributed by atoms with Gasteiger partial charge in [0.1, 0.15) is 6.61 Å². The van der Waals surface area contributed by atoms with E-state index in [1.54, 1.807) is 0 Å². The average molecular weight is 1440 g/mol. The van der Waals surface area contributed by atoms with Crippen LogP contribution in [0.1, 0.15) is 450 Å². The maximum Gasteiger partial charge on any atom is 0.472 e. The first kappa shape index (κ1) is 98.2. The van der Waals surface area contributed by atoms with Gasteiger partial charge in [-0.1, -0.05) is 452 Å². The molecule has 0 rings (SSSR count). The number of unbranched alkanes of at least 4 members (excludes halogenated alkanes) is 57. The largest absolute Gasteiger partial charge is 0.472 e. The van der Waals surface area contributed by atoms with Crippen LogP contribution in [0.15, 0.2) is 85.1 Å². The van der Waals surface area contributed by atoms with E-state index in [2.05, 4.69) is 98.9 Å². The Hall–Kier alpha value is -2.81. The third-order valence-corrected chi connectivity index (χ3v) is 20.8. The first-order valence-corrected chi connectivity index (χ1v) is 45.6. The van der Waals surface area contributed by atoms with E-state index < -0.39 is 26.5 Å². The molecule has 2 atom stereocenters. The summed E-state index contributed by atoms with van der Waals surface area (Å²) < 4.78 is 33.3. The van der Waals surface area contributed by atoms with Gasteiger partial charge in [0.25, 0.3) is 0 Å². The Kier molecular flexibility index (Phi) is 83.7. The molecule has 0 aliphatic carbocycles. The molecule has 0 aromatic rings. The van der Waals surface area contributed by atoms with Gasteiger partial charge in [0.15, 0.2) is 6.10 Å². The number of carbonyl (C=O) groups is 2. The molecule has 0 amide bonds. The van der Waals surface area contributed by atoms with Crippen LogP contribution < -0.4 is 5.73 Å². The van der Waals surface area contributed by atoms with E-state index in [4.69, 9.17) is 24.3 Å². The quantitative estimate of drug-likeness (QED) is 0.0264. The highest BCUT2D eigenvalue weighted by atomic mass is 31.2. The van der Waals surface area contributed by atoms with Gasteiger partial charge in [-0.3, -0.25) is 18.6 Å². The van der Waals surface area contributed by atoms with Gasteiger partial charge >= 0.3 is 19.8 Å². The lowest BCUT2D eigenvalue weighted by Crippen LogP contribution is -2.29. The lowest BCUT2D eigenvalue weighted by atomic mass is 10.0. The van der Waals surface area contributed by atoms with Crippen molar-refractivity contribution in [3.05, 3.63) is 85.1 Å². The van der Waals surface area contributed by atoms with E-state index in [1.165, 1.54) is 334 Å². The van der Waals surface area contributed by atoms with Crippen LogP contribution >= 0.6 is 7.82 Å². The summed E-state index contributed by atoms with van der Waals surface area (Å²) in [6, 6.07) is 0. The summed E-state index contributed by atoms with van der Waals surface area (Å²) in [7, 11) is -4.40. The second-order valence-electron chi connectivity index (χ2n) is 29.7. The van der Waals surface area contributed by atoms with Gasteiger partial charge in [-0.05, 0) is 70.6 Å². The van der Waals surface area contributed by atoms with Gasteiger partial charge in [-0.15, -0.1) is 0 Å². The lowest BCUT2D eigenvalue weighted by molar-refractivity contribution is -0.161. The first-order chi connectivity index (χ1) is 49.8. The average Bonchev–Trinajstić information content (AvgIpc) is 1.01. The Balaban J connectivity index is 3.73. The molecule has 0 aromatic heterocycles. The summed E-state index contributed by atoms with van der Waals surface area (Å²) >= 11 is 0. The van der Waals surface area contributed by atoms with Crippen molar-refractivity contribution < 1.29 is 37.6 Å².